The molecule has 0 saturated heterocycles. The summed E-state index contributed by atoms with van der Waals surface area (Å²) in [5, 5.41) is 14.6. The van der Waals surface area contributed by atoms with Crippen LogP contribution in [-0.2, 0) is 7.05 Å². The van der Waals surface area contributed by atoms with Crippen LogP contribution in [0, 0.1) is 17.0 Å². The van der Waals surface area contributed by atoms with Crippen LogP contribution in [0.15, 0.2) is 30.5 Å². The molecule has 0 atom stereocenters. The van der Waals surface area contributed by atoms with E-state index < -0.39 is 23.4 Å². The zero-order valence-electron chi connectivity index (χ0n) is 13.9. The van der Waals surface area contributed by atoms with Crippen LogP contribution in [0.2, 0.25) is 0 Å². The summed E-state index contributed by atoms with van der Waals surface area (Å²) in [6.45, 7) is 0.533. The molecule has 0 bridgehead atoms. The lowest BCUT2D eigenvalue weighted by molar-refractivity contribution is 0.0945. The van der Waals surface area contributed by atoms with Gasteiger partial charge in [0.25, 0.3) is 11.8 Å². The SMILES string of the molecule is Cn1cc(NC(=O)c2ccc(F)cc2F)cc1C(=O)NCCNC(=N)N. The molecule has 2 aromatic rings. The monoisotopic (exact) mass is 364 g/mol. The molecular weight excluding hydrogens is 346 g/mol. The molecule has 8 nitrogen and oxygen atoms in total. The molecule has 2 amide bonds. The van der Waals surface area contributed by atoms with E-state index >= 15 is 0 Å². The number of nitrogens with zero attached hydrogens (tertiary/aromatic N) is 1. The number of hydrogen-bond donors (Lipinski definition) is 5. The van der Waals surface area contributed by atoms with Gasteiger partial charge >= 0.3 is 0 Å². The molecule has 0 aliphatic carbocycles. The summed E-state index contributed by atoms with van der Waals surface area (Å²) >= 11 is 0. The summed E-state index contributed by atoms with van der Waals surface area (Å²) < 4.78 is 28.0. The van der Waals surface area contributed by atoms with Crippen molar-refractivity contribution in [1.29, 1.82) is 5.41 Å². The van der Waals surface area contributed by atoms with E-state index in [1.165, 1.54) is 16.8 Å². The van der Waals surface area contributed by atoms with Crippen molar-refractivity contribution in [3.63, 3.8) is 0 Å². The number of carbonyl (C=O) groups is 2. The van der Waals surface area contributed by atoms with E-state index in [2.05, 4.69) is 16.0 Å². The number of carbonyl (C=O) groups excluding carboxylic acids is 2. The normalized spacial score (nSPS) is 10.3. The van der Waals surface area contributed by atoms with Gasteiger partial charge < -0.3 is 26.3 Å². The molecule has 10 heteroatoms. The Bertz CT molecular complexity index is 849. The van der Waals surface area contributed by atoms with Crippen LogP contribution >= 0.6 is 0 Å². The average molecular weight is 364 g/mol. The van der Waals surface area contributed by atoms with Gasteiger partial charge in [0, 0.05) is 32.4 Å². The minimum atomic E-state index is -0.977. The lowest BCUT2D eigenvalue weighted by Crippen LogP contribution is -2.38. The summed E-state index contributed by atoms with van der Waals surface area (Å²) in [7, 11) is 1.61. The van der Waals surface area contributed by atoms with Crippen LogP contribution in [0.3, 0.4) is 0 Å². The van der Waals surface area contributed by atoms with Crippen LogP contribution in [-0.4, -0.2) is 35.4 Å². The van der Waals surface area contributed by atoms with E-state index in [9.17, 15) is 18.4 Å². The Morgan fingerprint density at radius 3 is 2.50 bits per heavy atom. The standard InChI is InChI=1S/C16H18F2N6O2/c1-24-8-10(7-13(24)15(26)21-4-5-22-16(19)20)23-14(25)11-3-2-9(17)6-12(11)18/h2-3,6-8H,4-5H2,1H3,(H,21,26)(H,23,25)(H4,19,20,22). The third kappa shape index (κ3) is 4.79. The first-order chi connectivity index (χ1) is 12.3. The maximum absolute atomic E-state index is 13.6. The average Bonchev–Trinajstić information content (AvgIpc) is 2.91. The molecule has 1 aromatic carbocycles. The van der Waals surface area contributed by atoms with Crippen molar-refractivity contribution >= 4 is 23.5 Å². The molecule has 6 N–H and O–H groups in total. The van der Waals surface area contributed by atoms with Crippen molar-refractivity contribution in [3.8, 4) is 0 Å². The number of nitrogens with two attached hydrogens (primary N) is 1. The highest BCUT2D eigenvalue weighted by atomic mass is 19.1. The van der Waals surface area contributed by atoms with Crippen molar-refractivity contribution in [2.45, 2.75) is 0 Å². The third-order valence-corrected chi connectivity index (χ3v) is 3.40. The summed E-state index contributed by atoms with van der Waals surface area (Å²) in [4.78, 5) is 24.2. The number of nitrogens with one attached hydrogen (secondary N) is 4. The van der Waals surface area contributed by atoms with Crippen molar-refractivity contribution in [1.82, 2.24) is 15.2 Å². The lowest BCUT2D eigenvalue weighted by atomic mass is 10.2. The molecule has 0 saturated carbocycles. The molecule has 0 radical (unpaired) electrons. The first-order valence-corrected chi connectivity index (χ1v) is 7.57. The fraction of sp³-hybridized carbons (Fsp3) is 0.188. The fourth-order valence-electron chi connectivity index (χ4n) is 2.19. The Kier molecular flexibility index (Phi) is 5.89. The second-order valence-electron chi connectivity index (χ2n) is 5.40. The van der Waals surface area contributed by atoms with E-state index in [1.54, 1.807) is 7.05 Å². The number of rotatable bonds is 6. The largest absolute Gasteiger partial charge is 0.370 e. The van der Waals surface area contributed by atoms with Gasteiger partial charge in [-0.25, -0.2) is 8.78 Å². The zero-order chi connectivity index (χ0) is 19.3. The Morgan fingerprint density at radius 1 is 1.15 bits per heavy atom. The van der Waals surface area contributed by atoms with Crippen molar-refractivity contribution in [3.05, 3.63) is 53.4 Å². The van der Waals surface area contributed by atoms with Crippen LogP contribution < -0.4 is 21.7 Å². The van der Waals surface area contributed by atoms with Crippen LogP contribution in [0.5, 0.6) is 0 Å². The maximum atomic E-state index is 13.6. The van der Waals surface area contributed by atoms with Gasteiger partial charge in [0.05, 0.1) is 11.3 Å². The molecule has 2 rings (SSSR count). The number of amides is 2. The summed E-state index contributed by atoms with van der Waals surface area (Å²) in [6.07, 6.45) is 1.49. The Labute approximate surface area is 147 Å². The third-order valence-electron chi connectivity index (χ3n) is 3.40. The Hall–Kier alpha value is -3.43. The number of guanidine groups is 1. The first kappa shape index (κ1) is 18.9. The number of aromatic nitrogens is 1. The van der Waals surface area contributed by atoms with Crippen LogP contribution in [0.1, 0.15) is 20.8 Å². The van der Waals surface area contributed by atoms with Gasteiger partial charge in [-0.3, -0.25) is 15.0 Å². The second-order valence-corrected chi connectivity index (χ2v) is 5.40. The second kappa shape index (κ2) is 8.10. The van der Waals surface area contributed by atoms with Crippen molar-refractivity contribution < 1.29 is 18.4 Å². The van der Waals surface area contributed by atoms with E-state index in [-0.39, 0.29) is 29.4 Å². The molecule has 0 unspecified atom stereocenters. The summed E-state index contributed by atoms with van der Waals surface area (Å²) in [6, 6.07) is 4.07. The molecule has 1 heterocycles. The predicted molar refractivity (Wildman–Crippen MR) is 92.0 cm³/mol. The van der Waals surface area contributed by atoms with Gasteiger partial charge in [0.1, 0.15) is 17.3 Å². The van der Waals surface area contributed by atoms with Gasteiger partial charge in [0.2, 0.25) is 0 Å². The minimum absolute atomic E-state index is 0.198. The number of aryl methyl sites for hydroxylation is 1. The lowest BCUT2D eigenvalue weighted by Gasteiger charge is -2.06. The molecule has 0 aliphatic rings. The highest BCUT2D eigenvalue weighted by Gasteiger charge is 2.16. The number of anilines is 1. The predicted octanol–water partition coefficient (Wildman–Crippen LogP) is 0.768. The minimum Gasteiger partial charge on any atom is -0.370 e. The number of benzene rings is 1. The van der Waals surface area contributed by atoms with Gasteiger partial charge in [-0.2, -0.15) is 0 Å². The van der Waals surface area contributed by atoms with Gasteiger partial charge in [0.15, 0.2) is 5.96 Å². The Morgan fingerprint density at radius 2 is 1.85 bits per heavy atom. The molecule has 0 spiro atoms. The highest BCUT2D eigenvalue weighted by molar-refractivity contribution is 6.05. The molecule has 138 valence electrons. The first-order valence-electron chi connectivity index (χ1n) is 7.57. The summed E-state index contributed by atoms with van der Waals surface area (Å²) in [5.74, 6) is -3.11. The van der Waals surface area contributed by atoms with Gasteiger partial charge in [-0.1, -0.05) is 0 Å². The summed E-state index contributed by atoms with van der Waals surface area (Å²) in [5.41, 5.74) is 5.37. The maximum Gasteiger partial charge on any atom is 0.268 e. The topological polar surface area (TPSA) is 125 Å². The van der Waals surface area contributed by atoms with Crippen molar-refractivity contribution in [2.24, 2.45) is 12.8 Å². The van der Waals surface area contributed by atoms with Crippen molar-refractivity contribution in [2.75, 3.05) is 18.4 Å². The molecular formula is C16H18F2N6O2. The molecule has 0 fully saturated rings. The smallest absolute Gasteiger partial charge is 0.268 e. The van der Waals surface area contributed by atoms with Gasteiger partial charge in [-0.15, -0.1) is 0 Å². The zero-order valence-corrected chi connectivity index (χ0v) is 13.9. The van der Waals surface area contributed by atoms with Gasteiger partial charge in [-0.05, 0) is 18.2 Å². The van der Waals surface area contributed by atoms with E-state index in [1.807, 2.05) is 0 Å². The molecule has 1 aromatic heterocycles. The van der Waals surface area contributed by atoms with E-state index in [0.717, 1.165) is 12.1 Å². The van der Waals surface area contributed by atoms with E-state index in [0.29, 0.717) is 12.6 Å². The highest BCUT2D eigenvalue weighted by Crippen LogP contribution is 2.16. The number of halogens is 2. The molecule has 0 aliphatic heterocycles. The van der Waals surface area contributed by atoms with Crippen LogP contribution in [0.25, 0.3) is 0 Å². The quantitative estimate of drug-likeness (QED) is 0.295. The molecule has 26 heavy (non-hydrogen) atoms. The fourth-order valence-corrected chi connectivity index (χ4v) is 2.19. The van der Waals surface area contributed by atoms with Crippen LogP contribution in [0.4, 0.5) is 14.5 Å². The number of hydrogen-bond acceptors (Lipinski definition) is 3. The van der Waals surface area contributed by atoms with E-state index in [4.69, 9.17) is 11.1 Å². The Balaban J connectivity index is 2.01.